The molecule has 7 heteroatoms. The van der Waals surface area contributed by atoms with Crippen LogP contribution in [0.4, 0.5) is 0 Å². The molecule has 0 unspecified atom stereocenters. The molecule has 6 nitrogen and oxygen atoms in total. The molecule has 4 saturated carbocycles. The summed E-state index contributed by atoms with van der Waals surface area (Å²) in [6.07, 6.45) is 7.98. The number of hydrogen-bond acceptors (Lipinski definition) is 5. The molecule has 0 heterocycles. The SMILES string of the molecule is Cc1ccc(S(=O)(=O)N/N=C2\CC[C@H]3[C@@H]4CC[C@H]5C[C@H](O)[C@@H](OC(C)C)C[C@]5(C)[C@H]4CC[C@]23C)cc1. The molecule has 2 N–H and O–H groups in total. The molecule has 1 aromatic rings. The Bertz CT molecular complexity index is 1100. The highest BCUT2D eigenvalue weighted by Gasteiger charge is 2.60. The van der Waals surface area contributed by atoms with E-state index in [9.17, 15) is 13.5 Å². The standard InChI is InChI=1S/C29H44N2O4S/c1-18(2)35-26-17-29(5)20(16-25(26)32)8-11-22-23-12-13-27(28(23,4)15-14-24(22)29)30-31-36(33,34)21-9-6-19(3)7-10-21/h6-7,9-10,18,20,22-26,31-32H,8,11-17H2,1-5H3/b30-27+/t20-,22-,23-,24-,25-,26-,28-,29-/m0/s1. The van der Waals surface area contributed by atoms with Gasteiger partial charge in [0, 0.05) is 11.1 Å². The van der Waals surface area contributed by atoms with E-state index in [0.29, 0.717) is 23.7 Å². The van der Waals surface area contributed by atoms with Crippen LogP contribution in [-0.2, 0) is 14.8 Å². The first kappa shape index (κ1) is 26.2. The fourth-order valence-corrected chi connectivity index (χ4v) is 9.43. The van der Waals surface area contributed by atoms with Crippen molar-refractivity contribution in [2.24, 2.45) is 39.6 Å². The first-order valence-electron chi connectivity index (χ1n) is 13.9. The van der Waals surface area contributed by atoms with E-state index >= 15 is 0 Å². The maximum Gasteiger partial charge on any atom is 0.276 e. The molecule has 0 saturated heterocycles. The second-order valence-corrected chi connectivity index (χ2v) is 14.5. The predicted octanol–water partition coefficient (Wildman–Crippen LogP) is 5.44. The summed E-state index contributed by atoms with van der Waals surface area (Å²) in [5.74, 6) is 2.35. The topological polar surface area (TPSA) is 88.0 Å². The minimum atomic E-state index is -3.67. The Morgan fingerprint density at radius 2 is 1.81 bits per heavy atom. The van der Waals surface area contributed by atoms with E-state index < -0.39 is 10.0 Å². The molecule has 0 amide bonds. The van der Waals surface area contributed by atoms with Crippen molar-refractivity contribution >= 4 is 15.7 Å². The van der Waals surface area contributed by atoms with Gasteiger partial charge < -0.3 is 9.84 Å². The van der Waals surface area contributed by atoms with Crippen LogP contribution in [0.25, 0.3) is 0 Å². The van der Waals surface area contributed by atoms with Gasteiger partial charge in [0.2, 0.25) is 0 Å². The van der Waals surface area contributed by atoms with Crippen LogP contribution in [0.3, 0.4) is 0 Å². The summed E-state index contributed by atoms with van der Waals surface area (Å²) in [7, 11) is -3.67. The number of aliphatic hydroxyl groups excluding tert-OH is 1. The van der Waals surface area contributed by atoms with Gasteiger partial charge in [0.15, 0.2) is 0 Å². The van der Waals surface area contributed by atoms with Crippen LogP contribution >= 0.6 is 0 Å². The minimum Gasteiger partial charge on any atom is -0.390 e. The van der Waals surface area contributed by atoms with Gasteiger partial charge in [0.25, 0.3) is 10.0 Å². The van der Waals surface area contributed by atoms with E-state index in [1.165, 1.54) is 12.8 Å². The van der Waals surface area contributed by atoms with Crippen molar-refractivity contribution < 1.29 is 18.3 Å². The number of hydrazone groups is 1. The summed E-state index contributed by atoms with van der Waals surface area (Å²) in [4.78, 5) is 2.82. The zero-order valence-corrected chi connectivity index (χ0v) is 23.4. The van der Waals surface area contributed by atoms with Crippen LogP contribution in [0.5, 0.6) is 0 Å². The second-order valence-electron chi connectivity index (χ2n) is 12.8. The van der Waals surface area contributed by atoms with E-state index in [4.69, 9.17) is 4.74 Å². The Morgan fingerprint density at radius 1 is 1.08 bits per heavy atom. The number of aryl methyl sites for hydroxylation is 1. The van der Waals surface area contributed by atoms with E-state index in [2.05, 4.69) is 37.6 Å². The quantitative estimate of drug-likeness (QED) is 0.511. The van der Waals surface area contributed by atoms with Crippen LogP contribution in [0, 0.1) is 41.4 Å². The maximum atomic E-state index is 12.9. The van der Waals surface area contributed by atoms with Gasteiger partial charge in [0.1, 0.15) is 0 Å². The Morgan fingerprint density at radius 3 is 2.50 bits per heavy atom. The smallest absolute Gasteiger partial charge is 0.276 e. The number of nitrogens with one attached hydrogen (secondary N) is 1. The van der Waals surface area contributed by atoms with Gasteiger partial charge >= 0.3 is 0 Å². The van der Waals surface area contributed by atoms with Gasteiger partial charge in [-0.1, -0.05) is 31.5 Å². The molecule has 1 aromatic carbocycles. The Labute approximate surface area is 217 Å². The average molecular weight is 517 g/mol. The first-order valence-corrected chi connectivity index (χ1v) is 15.4. The number of benzene rings is 1. The lowest BCUT2D eigenvalue weighted by Gasteiger charge is -2.61. The fourth-order valence-electron chi connectivity index (χ4n) is 8.60. The maximum absolute atomic E-state index is 12.9. The van der Waals surface area contributed by atoms with Crippen LogP contribution < -0.4 is 4.83 Å². The molecular formula is C29H44N2O4S. The number of sulfonamides is 1. The van der Waals surface area contributed by atoms with Crippen LogP contribution in [0.2, 0.25) is 0 Å². The van der Waals surface area contributed by atoms with Crippen molar-refractivity contribution in [1.29, 1.82) is 0 Å². The third kappa shape index (κ3) is 4.43. The van der Waals surface area contributed by atoms with Gasteiger partial charge in [-0.25, -0.2) is 4.83 Å². The molecule has 0 aromatic heterocycles. The predicted molar refractivity (Wildman–Crippen MR) is 142 cm³/mol. The number of rotatable bonds is 5. The second kappa shape index (κ2) is 9.39. The molecule has 4 aliphatic carbocycles. The van der Waals surface area contributed by atoms with Gasteiger partial charge in [0.05, 0.1) is 23.2 Å². The Balaban J connectivity index is 1.34. The van der Waals surface area contributed by atoms with Crippen molar-refractivity contribution in [3.05, 3.63) is 29.8 Å². The van der Waals surface area contributed by atoms with Gasteiger partial charge in [-0.15, -0.1) is 0 Å². The molecule has 4 fully saturated rings. The molecule has 0 radical (unpaired) electrons. The summed E-state index contributed by atoms with van der Waals surface area (Å²) >= 11 is 0. The molecule has 8 atom stereocenters. The Kier molecular flexibility index (Phi) is 6.83. The minimum absolute atomic E-state index is 0.0534. The molecule has 5 rings (SSSR count). The zero-order valence-electron chi connectivity index (χ0n) is 22.5. The van der Waals surface area contributed by atoms with E-state index in [0.717, 1.165) is 49.8 Å². The van der Waals surface area contributed by atoms with Crippen molar-refractivity contribution in [2.75, 3.05) is 0 Å². The van der Waals surface area contributed by atoms with Crippen molar-refractivity contribution in [2.45, 2.75) is 109 Å². The number of fused-ring (bicyclic) bond motifs is 5. The normalized spacial score (nSPS) is 41.6. The molecular weight excluding hydrogens is 472 g/mol. The highest BCUT2D eigenvalue weighted by Crippen LogP contribution is 2.65. The summed E-state index contributed by atoms with van der Waals surface area (Å²) in [6.45, 7) is 10.9. The summed E-state index contributed by atoms with van der Waals surface area (Å²) in [5, 5.41) is 15.4. The van der Waals surface area contributed by atoms with Crippen LogP contribution in [0.15, 0.2) is 34.3 Å². The lowest BCUT2D eigenvalue weighted by molar-refractivity contribution is -0.175. The largest absolute Gasteiger partial charge is 0.390 e. The first-order chi connectivity index (χ1) is 16.9. The fraction of sp³-hybridized carbons (Fsp3) is 0.759. The molecule has 36 heavy (non-hydrogen) atoms. The number of hydrogen-bond donors (Lipinski definition) is 2. The molecule has 0 aliphatic heterocycles. The lowest BCUT2D eigenvalue weighted by Crippen LogP contribution is -2.57. The number of nitrogens with zero attached hydrogens (tertiary/aromatic N) is 1. The van der Waals surface area contributed by atoms with E-state index in [1.807, 2.05) is 19.1 Å². The zero-order chi connectivity index (χ0) is 25.9. The third-order valence-corrected chi connectivity index (χ3v) is 11.7. The lowest BCUT2D eigenvalue weighted by atomic mass is 9.45. The van der Waals surface area contributed by atoms with Crippen molar-refractivity contribution in [3.63, 3.8) is 0 Å². The van der Waals surface area contributed by atoms with Gasteiger partial charge in [-0.2, -0.15) is 13.5 Å². The Hall–Kier alpha value is -1.44. The van der Waals surface area contributed by atoms with E-state index in [1.54, 1.807) is 12.1 Å². The van der Waals surface area contributed by atoms with Crippen LogP contribution in [0.1, 0.15) is 84.6 Å². The summed E-state index contributed by atoms with van der Waals surface area (Å²) in [6, 6.07) is 6.90. The monoisotopic (exact) mass is 516 g/mol. The molecule has 0 bridgehead atoms. The third-order valence-electron chi connectivity index (χ3n) is 10.5. The van der Waals surface area contributed by atoms with Gasteiger partial charge in [-0.05, 0) is 113 Å². The van der Waals surface area contributed by atoms with E-state index in [-0.39, 0.29) is 34.0 Å². The molecule has 4 aliphatic rings. The highest BCUT2D eigenvalue weighted by molar-refractivity contribution is 7.89. The molecule has 200 valence electrons. The van der Waals surface area contributed by atoms with Crippen LogP contribution in [-0.4, -0.2) is 37.5 Å². The van der Waals surface area contributed by atoms with Crippen molar-refractivity contribution in [3.8, 4) is 0 Å². The number of aliphatic hydroxyl groups is 1. The number of ether oxygens (including phenoxy) is 1. The summed E-state index contributed by atoms with van der Waals surface area (Å²) in [5.41, 5.74) is 2.19. The van der Waals surface area contributed by atoms with Crippen molar-refractivity contribution in [1.82, 2.24) is 4.83 Å². The average Bonchev–Trinajstić information content (AvgIpc) is 3.15. The summed E-state index contributed by atoms with van der Waals surface area (Å²) < 4.78 is 31.9. The highest BCUT2D eigenvalue weighted by atomic mass is 32.2. The molecule has 0 spiro atoms. The van der Waals surface area contributed by atoms with Gasteiger partial charge in [-0.3, -0.25) is 0 Å².